The largest absolute Gasteiger partial charge is 0.389 e. The maximum absolute atomic E-state index is 9.13. The minimum absolute atomic E-state index is 0.361. The minimum Gasteiger partial charge on any atom is -0.389 e. The van der Waals surface area contributed by atoms with E-state index in [1.807, 2.05) is 0 Å². The van der Waals surface area contributed by atoms with Crippen molar-refractivity contribution in [2.75, 3.05) is 13.2 Å². The molecule has 2 rings (SSSR count). The Balaban J connectivity index is 1.88. The molecule has 2 N–H and O–H groups in total. The average molecular weight is 169 g/mol. The Morgan fingerprint density at radius 2 is 2.75 bits per heavy atom. The van der Waals surface area contributed by atoms with Gasteiger partial charge < -0.3 is 10.1 Å². The molecule has 1 atom stereocenters. The third-order valence-corrected chi connectivity index (χ3v) is 1.74. The Labute approximate surface area is 69.9 Å². The van der Waals surface area contributed by atoms with Gasteiger partial charge in [-0.05, 0) is 0 Å². The summed E-state index contributed by atoms with van der Waals surface area (Å²) in [5.41, 5.74) is 0. The summed E-state index contributed by atoms with van der Waals surface area (Å²) >= 11 is 0. The van der Waals surface area contributed by atoms with E-state index in [-0.39, 0.29) is 6.10 Å². The van der Waals surface area contributed by atoms with E-state index in [4.69, 9.17) is 9.94 Å². The summed E-state index contributed by atoms with van der Waals surface area (Å²) in [6.45, 7) is 1.55. The van der Waals surface area contributed by atoms with Crippen molar-refractivity contribution in [3.63, 3.8) is 0 Å². The number of aromatic nitrogens is 2. The average Bonchev–Trinajstić information content (AvgIpc) is 2.63. The molecular formula is C7H11N3O2. The smallest absolute Gasteiger partial charge is 0.122 e. The standard InChI is InChI=1S/C7H11N3O2/c11-6-3-10(12-5-6)4-7-8-1-2-9-7/h1-2,6,11H,3-5H2,(H,8,9). The van der Waals surface area contributed by atoms with Crippen LogP contribution in [0.15, 0.2) is 12.4 Å². The molecule has 1 aromatic rings. The van der Waals surface area contributed by atoms with Crippen LogP contribution in [0.2, 0.25) is 0 Å². The SMILES string of the molecule is OC1CON(Cc2ncc[nH]2)C1. The fourth-order valence-corrected chi connectivity index (χ4v) is 1.19. The van der Waals surface area contributed by atoms with Gasteiger partial charge in [0.05, 0.1) is 25.8 Å². The van der Waals surface area contributed by atoms with Crippen molar-refractivity contribution >= 4 is 0 Å². The van der Waals surface area contributed by atoms with E-state index in [1.165, 1.54) is 0 Å². The molecule has 5 heteroatoms. The topological polar surface area (TPSA) is 61.4 Å². The van der Waals surface area contributed by atoms with Crippen molar-refractivity contribution in [3.8, 4) is 0 Å². The number of aromatic amines is 1. The Kier molecular flexibility index (Phi) is 2.07. The molecule has 12 heavy (non-hydrogen) atoms. The zero-order valence-corrected chi connectivity index (χ0v) is 6.60. The maximum Gasteiger partial charge on any atom is 0.122 e. The maximum atomic E-state index is 9.13. The number of aliphatic hydroxyl groups is 1. The number of nitrogens with zero attached hydrogens (tertiary/aromatic N) is 2. The van der Waals surface area contributed by atoms with Crippen molar-refractivity contribution in [2.24, 2.45) is 0 Å². The first kappa shape index (κ1) is 7.72. The molecule has 0 aromatic carbocycles. The third-order valence-electron chi connectivity index (χ3n) is 1.74. The van der Waals surface area contributed by atoms with Gasteiger partial charge in [-0.2, -0.15) is 5.06 Å². The molecule has 0 radical (unpaired) electrons. The van der Waals surface area contributed by atoms with Crippen LogP contribution < -0.4 is 0 Å². The van der Waals surface area contributed by atoms with Crippen LogP contribution in [0.3, 0.4) is 0 Å². The molecule has 1 unspecified atom stereocenters. The third kappa shape index (κ3) is 1.63. The Morgan fingerprint density at radius 1 is 1.83 bits per heavy atom. The fraction of sp³-hybridized carbons (Fsp3) is 0.571. The number of hydrogen-bond donors (Lipinski definition) is 2. The molecule has 0 spiro atoms. The van der Waals surface area contributed by atoms with Crippen molar-refractivity contribution < 1.29 is 9.94 Å². The molecule has 1 aliphatic heterocycles. The molecule has 2 heterocycles. The fourth-order valence-electron chi connectivity index (χ4n) is 1.19. The number of imidazole rings is 1. The van der Waals surface area contributed by atoms with Gasteiger partial charge in [0.2, 0.25) is 0 Å². The van der Waals surface area contributed by atoms with Crippen LogP contribution in [0.5, 0.6) is 0 Å². The zero-order valence-electron chi connectivity index (χ0n) is 6.60. The second-order valence-corrected chi connectivity index (χ2v) is 2.81. The molecular weight excluding hydrogens is 158 g/mol. The van der Waals surface area contributed by atoms with E-state index in [2.05, 4.69) is 9.97 Å². The quantitative estimate of drug-likeness (QED) is 0.627. The first-order valence-corrected chi connectivity index (χ1v) is 3.89. The highest BCUT2D eigenvalue weighted by molar-refractivity contribution is 4.86. The summed E-state index contributed by atoms with van der Waals surface area (Å²) < 4.78 is 0. The van der Waals surface area contributed by atoms with Crippen molar-refractivity contribution in [3.05, 3.63) is 18.2 Å². The second kappa shape index (κ2) is 3.22. The van der Waals surface area contributed by atoms with Crippen molar-refractivity contribution in [1.29, 1.82) is 0 Å². The van der Waals surface area contributed by atoms with Crippen LogP contribution in [-0.4, -0.2) is 39.4 Å². The van der Waals surface area contributed by atoms with Crippen molar-refractivity contribution in [1.82, 2.24) is 15.0 Å². The molecule has 1 saturated heterocycles. The zero-order chi connectivity index (χ0) is 8.39. The normalized spacial score (nSPS) is 24.9. The highest BCUT2D eigenvalue weighted by Gasteiger charge is 2.21. The predicted molar refractivity (Wildman–Crippen MR) is 41.0 cm³/mol. The van der Waals surface area contributed by atoms with E-state index in [0.29, 0.717) is 19.7 Å². The molecule has 1 fully saturated rings. The number of hydroxylamine groups is 2. The first-order valence-electron chi connectivity index (χ1n) is 3.89. The van der Waals surface area contributed by atoms with Gasteiger partial charge in [0.1, 0.15) is 5.82 Å². The number of H-pyrrole nitrogens is 1. The summed E-state index contributed by atoms with van der Waals surface area (Å²) in [5.74, 6) is 0.851. The molecule has 0 bridgehead atoms. The van der Waals surface area contributed by atoms with E-state index in [9.17, 15) is 0 Å². The Morgan fingerprint density at radius 3 is 3.33 bits per heavy atom. The highest BCUT2D eigenvalue weighted by Crippen LogP contribution is 2.07. The van der Waals surface area contributed by atoms with Crippen LogP contribution in [-0.2, 0) is 11.4 Å². The molecule has 1 aliphatic rings. The summed E-state index contributed by atoms with van der Waals surface area (Å²) in [6, 6.07) is 0. The van der Waals surface area contributed by atoms with Crippen molar-refractivity contribution in [2.45, 2.75) is 12.6 Å². The van der Waals surface area contributed by atoms with Crippen LogP contribution in [0, 0.1) is 0 Å². The summed E-state index contributed by atoms with van der Waals surface area (Å²) in [5, 5.41) is 10.8. The number of β-amino-alcohol motifs (C(OH)–C–C–N with tert-alkyl or cyclic N) is 1. The van der Waals surface area contributed by atoms with Gasteiger partial charge in [0, 0.05) is 12.4 Å². The van der Waals surface area contributed by atoms with Crippen LogP contribution >= 0.6 is 0 Å². The summed E-state index contributed by atoms with van der Waals surface area (Å²) in [4.78, 5) is 12.2. The molecule has 0 saturated carbocycles. The number of aliphatic hydroxyl groups excluding tert-OH is 1. The Hall–Kier alpha value is -0.910. The molecule has 0 aliphatic carbocycles. The van der Waals surface area contributed by atoms with Crippen LogP contribution in [0.4, 0.5) is 0 Å². The van der Waals surface area contributed by atoms with Crippen LogP contribution in [0.1, 0.15) is 5.82 Å². The van der Waals surface area contributed by atoms with E-state index < -0.39 is 0 Å². The van der Waals surface area contributed by atoms with Gasteiger partial charge in [0.25, 0.3) is 0 Å². The number of nitrogens with one attached hydrogen (secondary N) is 1. The summed E-state index contributed by atoms with van der Waals surface area (Å²) in [7, 11) is 0. The van der Waals surface area contributed by atoms with Gasteiger partial charge in [-0.1, -0.05) is 0 Å². The number of hydrogen-bond acceptors (Lipinski definition) is 4. The molecule has 66 valence electrons. The van der Waals surface area contributed by atoms with Gasteiger partial charge >= 0.3 is 0 Å². The lowest BCUT2D eigenvalue weighted by molar-refractivity contribution is -0.119. The summed E-state index contributed by atoms with van der Waals surface area (Å²) in [6.07, 6.45) is 3.10. The lowest BCUT2D eigenvalue weighted by Crippen LogP contribution is -2.21. The van der Waals surface area contributed by atoms with Gasteiger partial charge in [0.15, 0.2) is 0 Å². The number of rotatable bonds is 2. The van der Waals surface area contributed by atoms with E-state index >= 15 is 0 Å². The first-order chi connectivity index (χ1) is 5.84. The monoisotopic (exact) mass is 169 g/mol. The van der Waals surface area contributed by atoms with Gasteiger partial charge in [-0.3, -0.25) is 4.84 Å². The van der Waals surface area contributed by atoms with E-state index in [0.717, 1.165) is 5.82 Å². The van der Waals surface area contributed by atoms with Gasteiger partial charge in [-0.15, -0.1) is 0 Å². The molecule has 1 aromatic heterocycles. The van der Waals surface area contributed by atoms with Crippen LogP contribution in [0.25, 0.3) is 0 Å². The lowest BCUT2D eigenvalue weighted by Gasteiger charge is -2.10. The lowest BCUT2D eigenvalue weighted by atomic mass is 10.4. The minimum atomic E-state index is -0.361. The Bertz CT molecular complexity index is 237. The molecule has 5 nitrogen and oxygen atoms in total. The predicted octanol–water partition coefficient (Wildman–Crippen LogP) is -0.482. The van der Waals surface area contributed by atoms with E-state index in [1.54, 1.807) is 17.5 Å². The molecule has 0 amide bonds. The van der Waals surface area contributed by atoms with Gasteiger partial charge in [-0.25, -0.2) is 4.98 Å². The highest BCUT2D eigenvalue weighted by atomic mass is 16.7. The second-order valence-electron chi connectivity index (χ2n) is 2.81.